The summed E-state index contributed by atoms with van der Waals surface area (Å²) in [5, 5.41) is 9.21. The Kier molecular flexibility index (Phi) is 5.19. The molecule has 0 saturated heterocycles. The molecule has 0 atom stereocenters. The number of rotatable bonds is 5. The van der Waals surface area contributed by atoms with Gasteiger partial charge in [-0.1, -0.05) is 12.1 Å². The van der Waals surface area contributed by atoms with E-state index >= 15 is 0 Å². The molecule has 0 unspecified atom stereocenters. The molecule has 1 rings (SSSR count). The smallest absolute Gasteiger partial charge is 0.340 e. The molecule has 0 saturated carbocycles. The zero-order chi connectivity index (χ0) is 17.1. The van der Waals surface area contributed by atoms with Crippen molar-refractivity contribution < 1.29 is 29.0 Å². The van der Waals surface area contributed by atoms with E-state index < -0.39 is 29.7 Å². The van der Waals surface area contributed by atoms with Crippen LogP contribution in [0.25, 0.3) is 0 Å². The molecule has 0 fully saturated rings. The lowest BCUT2D eigenvalue weighted by Gasteiger charge is -2.21. The van der Waals surface area contributed by atoms with E-state index in [4.69, 9.17) is 4.74 Å². The summed E-state index contributed by atoms with van der Waals surface area (Å²) in [6.07, 6.45) is -0.404. The molecule has 1 aromatic carbocycles. The van der Waals surface area contributed by atoms with Crippen LogP contribution in [-0.4, -0.2) is 34.2 Å². The number of hydrogen-bond acceptors (Lipinski definition) is 5. The number of ether oxygens (including phenoxy) is 1. The summed E-state index contributed by atoms with van der Waals surface area (Å²) in [4.78, 5) is 46.8. The van der Waals surface area contributed by atoms with E-state index in [1.54, 1.807) is 20.8 Å². The molecular formula is C16H18O6. The predicted octanol–water partition coefficient (Wildman–Crippen LogP) is 2.50. The summed E-state index contributed by atoms with van der Waals surface area (Å²) >= 11 is 0. The minimum atomic E-state index is -1.35. The monoisotopic (exact) mass is 306 g/mol. The van der Waals surface area contributed by atoms with Crippen LogP contribution >= 0.6 is 0 Å². The standard InChI is InChI=1S/C16H18O6/c1-9(17)8-12(18)10-6-5-7-11(14(19)20)13(10)15(21)22-16(2,3)4/h5-7H,8H2,1-4H3,(H,19,20). The van der Waals surface area contributed by atoms with E-state index in [-0.39, 0.29) is 22.5 Å². The molecule has 0 bridgehead atoms. The van der Waals surface area contributed by atoms with Crippen molar-refractivity contribution in [2.24, 2.45) is 0 Å². The Balaban J connectivity index is 3.42. The minimum absolute atomic E-state index is 0.121. The van der Waals surface area contributed by atoms with Crippen LogP contribution in [0, 0.1) is 0 Å². The van der Waals surface area contributed by atoms with Crippen LogP contribution < -0.4 is 0 Å². The maximum atomic E-state index is 12.3. The highest BCUT2D eigenvalue weighted by Crippen LogP contribution is 2.21. The van der Waals surface area contributed by atoms with Gasteiger partial charge in [-0.25, -0.2) is 9.59 Å². The second kappa shape index (κ2) is 6.51. The quantitative estimate of drug-likeness (QED) is 0.510. The van der Waals surface area contributed by atoms with Crippen LogP contribution in [0.5, 0.6) is 0 Å². The molecule has 0 aliphatic carbocycles. The summed E-state index contributed by atoms with van der Waals surface area (Å²) in [6.45, 7) is 6.13. The van der Waals surface area contributed by atoms with Gasteiger partial charge in [-0.05, 0) is 33.8 Å². The Hall–Kier alpha value is -2.50. The number of hydrogen-bond donors (Lipinski definition) is 1. The summed E-state index contributed by atoms with van der Waals surface area (Å²) in [7, 11) is 0. The SMILES string of the molecule is CC(=O)CC(=O)c1cccc(C(=O)O)c1C(=O)OC(C)(C)C. The van der Waals surface area contributed by atoms with E-state index in [0.29, 0.717) is 0 Å². The number of aromatic carboxylic acids is 1. The normalized spacial score (nSPS) is 10.9. The van der Waals surface area contributed by atoms with Gasteiger partial charge in [0.25, 0.3) is 0 Å². The van der Waals surface area contributed by atoms with E-state index in [9.17, 15) is 24.3 Å². The molecule has 22 heavy (non-hydrogen) atoms. The second-order valence-corrected chi connectivity index (χ2v) is 5.84. The van der Waals surface area contributed by atoms with Gasteiger partial charge in [0.15, 0.2) is 5.78 Å². The fourth-order valence-electron chi connectivity index (χ4n) is 1.83. The van der Waals surface area contributed by atoms with Gasteiger partial charge in [-0.2, -0.15) is 0 Å². The van der Waals surface area contributed by atoms with Crippen molar-refractivity contribution in [2.45, 2.75) is 39.7 Å². The topological polar surface area (TPSA) is 97.7 Å². The number of carboxylic acids is 1. The highest BCUT2D eigenvalue weighted by atomic mass is 16.6. The van der Waals surface area contributed by atoms with Crippen molar-refractivity contribution in [3.8, 4) is 0 Å². The fourth-order valence-corrected chi connectivity index (χ4v) is 1.83. The molecule has 0 aromatic heterocycles. The van der Waals surface area contributed by atoms with Gasteiger partial charge in [0.1, 0.15) is 11.4 Å². The van der Waals surface area contributed by atoms with Crippen LogP contribution in [0.2, 0.25) is 0 Å². The zero-order valence-electron chi connectivity index (χ0n) is 12.9. The molecule has 0 radical (unpaired) electrons. The summed E-state index contributed by atoms with van der Waals surface area (Å²) < 4.78 is 5.17. The van der Waals surface area contributed by atoms with Crippen LogP contribution in [0.4, 0.5) is 0 Å². The van der Waals surface area contributed by atoms with Gasteiger partial charge < -0.3 is 9.84 Å². The molecular weight excluding hydrogens is 288 g/mol. The van der Waals surface area contributed by atoms with Gasteiger partial charge in [0, 0.05) is 5.56 Å². The van der Waals surface area contributed by atoms with Crippen molar-refractivity contribution in [3.05, 3.63) is 34.9 Å². The Labute approximate surface area is 128 Å². The van der Waals surface area contributed by atoms with E-state index in [1.807, 2.05) is 0 Å². The summed E-state index contributed by atoms with van der Waals surface area (Å²) in [5.41, 5.74) is -1.62. The number of carbonyl (C=O) groups excluding carboxylic acids is 3. The molecule has 1 N–H and O–H groups in total. The van der Waals surface area contributed by atoms with Gasteiger partial charge in [0.2, 0.25) is 0 Å². The molecule has 0 heterocycles. The third-order valence-electron chi connectivity index (χ3n) is 2.61. The average molecular weight is 306 g/mol. The largest absolute Gasteiger partial charge is 0.478 e. The highest BCUT2D eigenvalue weighted by Gasteiger charge is 2.28. The maximum Gasteiger partial charge on any atom is 0.340 e. The molecule has 1 aromatic rings. The van der Waals surface area contributed by atoms with E-state index in [0.717, 1.165) is 0 Å². The first-order chi connectivity index (χ1) is 10.0. The highest BCUT2D eigenvalue weighted by molar-refractivity contribution is 6.15. The first kappa shape index (κ1) is 17.6. The number of ketones is 2. The molecule has 6 heteroatoms. The lowest BCUT2D eigenvalue weighted by atomic mass is 9.95. The minimum Gasteiger partial charge on any atom is -0.478 e. The van der Waals surface area contributed by atoms with E-state index in [1.165, 1.54) is 25.1 Å². The van der Waals surface area contributed by atoms with Crippen molar-refractivity contribution in [1.82, 2.24) is 0 Å². The third kappa shape index (κ3) is 4.51. The van der Waals surface area contributed by atoms with Crippen molar-refractivity contribution in [2.75, 3.05) is 0 Å². The predicted molar refractivity (Wildman–Crippen MR) is 78.2 cm³/mol. The Morgan fingerprint density at radius 1 is 1.09 bits per heavy atom. The summed E-state index contributed by atoms with van der Waals surface area (Å²) in [6, 6.07) is 3.88. The molecule has 0 spiro atoms. The van der Waals surface area contributed by atoms with Gasteiger partial charge in [-0.3, -0.25) is 9.59 Å². The second-order valence-electron chi connectivity index (χ2n) is 5.84. The van der Waals surface area contributed by atoms with Gasteiger partial charge in [-0.15, -0.1) is 0 Å². The van der Waals surface area contributed by atoms with Crippen LogP contribution in [0.3, 0.4) is 0 Å². The number of carboxylic acid groups (broad SMARTS) is 1. The Morgan fingerprint density at radius 3 is 2.09 bits per heavy atom. The van der Waals surface area contributed by atoms with Crippen molar-refractivity contribution in [1.29, 1.82) is 0 Å². The lowest BCUT2D eigenvalue weighted by Crippen LogP contribution is -2.27. The molecule has 0 aliphatic heterocycles. The molecule has 118 valence electrons. The van der Waals surface area contributed by atoms with Crippen molar-refractivity contribution in [3.63, 3.8) is 0 Å². The maximum absolute atomic E-state index is 12.3. The number of benzene rings is 1. The molecule has 6 nitrogen and oxygen atoms in total. The van der Waals surface area contributed by atoms with Crippen LogP contribution in [-0.2, 0) is 9.53 Å². The van der Waals surface area contributed by atoms with Crippen LogP contribution in [0.15, 0.2) is 18.2 Å². The van der Waals surface area contributed by atoms with Crippen LogP contribution in [0.1, 0.15) is 65.2 Å². The first-order valence-electron chi connectivity index (χ1n) is 6.65. The number of esters is 1. The third-order valence-corrected chi connectivity index (χ3v) is 2.61. The van der Waals surface area contributed by atoms with Gasteiger partial charge >= 0.3 is 11.9 Å². The Morgan fingerprint density at radius 2 is 1.64 bits per heavy atom. The molecule has 0 amide bonds. The lowest BCUT2D eigenvalue weighted by molar-refractivity contribution is -0.116. The first-order valence-corrected chi connectivity index (χ1v) is 6.65. The average Bonchev–Trinajstić information content (AvgIpc) is 2.34. The number of Topliss-reactive ketones (excluding diaryl/α,β-unsaturated/α-hetero) is 2. The molecule has 0 aliphatic rings. The summed E-state index contributed by atoms with van der Waals surface area (Å²) in [5.74, 6) is -3.24. The van der Waals surface area contributed by atoms with E-state index in [2.05, 4.69) is 0 Å². The zero-order valence-corrected chi connectivity index (χ0v) is 12.9. The number of carbonyl (C=O) groups is 4. The Bertz CT molecular complexity index is 637. The van der Waals surface area contributed by atoms with Gasteiger partial charge in [0.05, 0.1) is 17.5 Å². The van der Waals surface area contributed by atoms with Crippen molar-refractivity contribution >= 4 is 23.5 Å². The fraction of sp³-hybridized carbons (Fsp3) is 0.375.